The Morgan fingerprint density at radius 2 is 0.571 bits per heavy atom. The third-order valence-corrected chi connectivity index (χ3v) is 0. The zero-order valence-electron chi connectivity index (χ0n) is 6.42. The van der Waals surface area contributed by atoms with Crippen molar-refractivity contribution >= 4 is 25.8 Å². The summed E-state index contributed by atoms with van der Waals surface area (Å²) < 4.78 is 0. The largest absolute Gasteiger partial charge is 2.00 e. The van der Waals surface area contributed by atoms with Gasteiger partial charge >= 0.3 is 25.8 Å². The first-order chi connectivity index (χ1) is 3.46. The molecular weight excluding hydrogens is 319 g/mol. The summed E-state index contributed by atoms with van der Waals surface area (Å²) in [5.74, 6) is 0. The maximum absolute atomic E-state index is 8.25. The van der Waals surface area contributed by atoms with E-state index in [1.807, 2.05) is 0 Å². The molecule has 1 radical (unpaired) electrons. The fourth-order valence-corrected chi connectivity index (χ4v) is 0. The first-order valence-corrected chi connectivity index (χ1v) is 1.10. The molecule has 0 saturated carbocycles. The van der Waals surface area contributed by atoms with Gasteiger partial charge in [-0.25, -0.2) is 0 Å². The van der Waals surface area contributed by atoms with E-state index in [9.17, 15) is 0 Å². The number of hydrogen-bond donors (Lipinski definition) is 0. The SMILES string of the molecule is O.O.O.O.O.O=[N+]([O-])[O-].O=[N+]([O-])[O-].[In+2]. The molecular formula is H10InN2O11. The Morgan fingerprint density at radius 3 is 0.571 bits per heavy atom. The molecule has 0 unspecified atom stereocenters. The first kappa shape index (κ1) is 74.1. The molecule has 0 fully saturated rings. The monoisotopic (exact) mass is 329 g/mol. The molecule has 0 bridgehead atoms. The van der Waals surface area contributed by atoms with Crippen LogP contribution in [0.25, 0.3) is 0 Å². The number of hydrogen-bond acceptors (Lipinski definition) is 6. The maximum atomic E-state index is 8.25. The van der Waals surface area contributed by atoms with Gasteiger partial charge in [-0.15, -0.1) is 0 Å². The van der Waals surface area contributed by atoms with Crippen molar-refractivity contribution in [2.24, 2.45) is 0 Å². The zero-order valence-corrected chi connectivity index (χ0v) is 9.72. The summed E-state index contributed by atoms with van der Waals surface area (Å²) in [7, 11) is 0. The minimum Gasteiger partial charge on any atom is -0.412 e. The second kappa shape index (κ2) is 57.5. The minimum absolute atomic E-state index is 0. The van der Waals surface area contributed by atoms with Crippen molar-refractivity contribution < 1.29 is 37.6 Å². The van der Waals surface area contributed by atoms with E-state index < -0.39 is 10.2 Å². The van der Waals surface area contributed by atoms with Crippen LogP contribution >= 0.6 is 0 Å². The molecule has 0 aliphatic carbocycles. The van der Waals surface area contributed by atoms with Gasteiger partial charge < -0.3 is 58.0 Å². The van der Waals surface area contributed by atoms with Crippen LogP contribution in [0.2, 0.25) is 0 Å². The van der Waals surface area contributed by atoms with Gasteiger partial charge in [0, 0.05) is 0 Å². The molecule has 14 heavy (non-hydrogen) atoms. The summed E-state index contributed by atoms with van der Waals surface area (Å²) in [4.78, 5) is 16.5. The molecule has 89 valence electrons. The summed E-state index contributed by atoms with van der Waals surface area (Å²) in [6, 6.07) is 0. The second-order valence-electron chi connectivity index (χ2n) is 0.447. The van der Waals surface area contributed by atoms with Gasteiger partial charge in [0.1, 0.15) is 0 Å². The zero-order chi connectivity index (χ0) is 7.15. The molecule has 0 aliphatic rings. The first-order valence-electron chi connectivity index (χ1n) is 1.10. The summed E-state index contributed by atoms with van der Waals surface area (Å²) >= 11 is 0. The molecule has 0 saturated heterocycles. The van der Waals surface area contributed by atoms with Gasteiger partial charge in [-0.3, -0.25) is 0 Å². The Kier molecular flexibility index (Phi) is 304. The Hall–Kier alpha value is -0.930. The van der Waals surface area contributed by atoms with Crippen molar-refractivity contribution in [2.75, 3.05) is 0 Å². The Labute approximate surface area is 94.5 Å². The smallest absolute Gasteiger partial charge is 0.412 e. The van der Waals surface area contributed by atoms with E-state index >= 15 is 0 Å². The Morgan fingerprint density at radius 1 is 0.571 bits per heavy atom. The number of nitrogens with zero attached hydrogens (tertiary/aromatic N) is 2. The predicted molar refractivity (Wildman–Crippen MR) is 44.5 cm³/mol. The van der Waals surface area contributed by atoms with Crippen LogP contribution < -0.4 is 0 Å². The van der Waals surface area contributed by atoms with E-state index in [0.29, 0.717) is 0 Å². The third-order valence-electron chi connectivity index (χ3n) is 0. The molecule has 13 nitrogen and oxygen atoms in total. The quantitative estimate of drug-likeness (QED) is 0.309. The summed E-state index contributed by atoms with van der Waals surface area (Å²) in [6.45, 7) is 0. The van der Waals surface area contributed by atoms with Crippen molar-refractivity contribution in [2.45, 2.75) is 0 Å². The van der Waals surface area contributed by atoms with Crippen LogP contribution in [0.15, 0.2) is 0 Å². The number of rotatable bonds is 0. The summed E-state index contributed by atoms with van der Waals surface area (Å²) in [5, 5.41) is 29.5. The van der Waals surface area contributed by atoms with Gasteiger partial charge in [-0.2, -0.15) is 0 Å². The molecule has 14 heteroatoms. The fraction of sp³-hybridized carbons (Fsp3) is 0. The standard InChI is InChI=1S/In.2NO3.5H2O/c;2*2-1(3)4;;;;;/h;;;5*1H2/q+2;2*-1;;;;;. The Bertz CT molecular complexity index is 71.3. The van der Waals surface area contributed by atoms with Crippen molar-refractivity contribution in [3.8, 4) is 0 Å². The molecule has 0 heterocycles. The van der Waals surface area contributed by atoms with Crippen LogP contribution in [-0.2, 0) is 0 Å². The summed E-state index contributed by atoms with van der Waals surface area (Å²) in [6.07, 6.45) is 0. The van der Waals surface area contributed by atoms with Gasteiger partial charge in [-0.1, -0.05) is 0 Å². The van der Waals surface area contributed by atoms with Gasteiger partial charge in [0.25, 0.3) is 0 Å². The topological polar surface area (TPSA) is 290 Å². The van der Waals surface area contributed by atoms with Crippen molar-refractivity contribution in [1.29, 1.82) is 0 Å². The van der Waals surface area contributed by atoms with E-state index in [1.165, 1.54) is 0 Å². The van der Waals surface area contributed by atoms with Crippen LogP contribution in [-0.4, -0.2) is 63.4 Å². The van der Waals surface area contributed by atoms with Gasteiger partial charge in [0.2, 0.25) is 0 Å². The molecule has 0 aromatic rings. The average Bonchev–Trinajstić information content (AvgIpc) is 1.25. The van der Waals surface area contributed by atoms with Crippen molar-refractivity contribution in [3.05, 3.63) is 30.6 Å². The molecule has 0 amide bonds. The van der Waals surface area contributed by atoms with Crippen LogP contribution in [0.3, 0.4) is 0 Å². The normalized spacial score (nSPS) is 3.43. The molecule has 0 rings (SSSR count). The molecule has 0 aliphatic heterocycles. The van der Waals surface area contributed by atoms with Crippen LogP contribution in [0.5, 0.6) is 0 Å². The van der Waals surface area contributed by atoms with E-state index in [1.54, 1.807) is 0 Å². The molecule has 10 N–H and O–H groups in total. The Balaban J connectivity index is -0.00000000600. The molecule has 0 spiro atoms. The minimum atomic E-state index is -1.75. The molecule has 0 aromatic carbocycles. The van der Waals surface area contributed by atoms with Crippen LogP contribution in [0.1, 0.15) is 0 Å². The molecule has 0 aromatic heterocycles. The van der Waals surface area contributed by atoms with E-state index in [-0.39, 0.29) is 53.2 Å². The van der Waals surface area contributed by atoms with Gasteiger partial charge in [-0.05, 0) is 0 Å². The van der Waals surface area contributed by atoms with Crippen LogP contribution in [0.4, 0.5) is 0 Å². The maximum Gasteiger partial charge on any atom is 2.00 e. The summed E-state index contributed by atoms with van der Waals surface area (Å²) in [5.41, 5.74) is 0. The van der Waals surface area contributed by atoms with Gasteiger partial charge in [0.15, 0.2) is 0 Å². The van der Waals surface area contributed by atoms with Crippen molar-refractivity contribution in [1.82, 2.24) is 0 Å². The average molecular weight is 329 g/mol. The van der Waals surface area contributed by atoms with Crippen LogP contribution in [0, 0.1) is 30.6 Å². The van der Waals surface area contributed by atoms with Crippen molar-refractivity contribution in [3.63, 3.8) is 0 Å². The van der Waals surface area contributed by atoms with E-state index in [2.05, 4.69) is 0 Å². The fourth-order valence-electron chi connectivity index (χ4n) is 0. The van der Waals surface area contributed by atoms with E-state index in [0.717, 1.165) is 0 Å². The predicted octanol–water partition coefficient (Wildman–Crippen LogP) is -4.98. The van der Waals surface area contributed by atoms with E-state index in [4.69, 9.17) is 30.6 Å². The second-order valence-corrected chi connectivity index (χ2v) is 0.447. The molecule has 0 atom stereocenters. The van der Waals surface area contributed by atoms with Gasteiger partial charge in [0.05, 0.1) is 10.2 Å². The third kappa shape index (κ3) is 1300.